The SMILES string of the molecule is CN(C)S(=O)(=O)c1cccc(CN(C)S(=O)(=O)c2ccc(F)cc2)c1. The largest absolute Gasteiger partial charge is 0.243 e. The van der Waals surface area contributed by atoms with Crippen molar-refractivity contribution in [3.8, 4) is 0 Å². The minimum absolute atomic E-state index is 0.0174. The van der Waals surface area contributed by atoms with Crippen LogP contribution in [0, 0.1) is 5.82 Å². The van der Waals surface area contributed by atoms with E-state index in [1.807, 2.05) is 0 Å². The maximum Gasteiger partial charge on any atom is 0.243 e. The molecule has 0 aromatic heterocycles. The number of rotatable bonds is 6. The molecular formula is C16H19FN2O4S2. The van der Waals surface area contributed by atoms with Crippen molar-refractivity contribution in [1.82, 2.24) is 8.61 Å². The molecule has 0 saturated carbocycles. The molecule has 0 aliphatic carbocycles. The Bertz CT molecular complexity index is 956. The maximum absolute atomic E-state index is 13.0. The molecule has 0 aliphatic heterocycles. The van der Waals surface area contributed by atoms with Crippen molar-refractivity contribution < 1.29 is 21.2 Å². The van der Waals surface area contributed by atoms with Gasteiger partial charge < -0.3 is 0 Å². The number of benzene rings is 2. The van der Waals surface area contributed by atoms with Crippen molar-refractivity contribution >= 4 is 20.0 Å². The Morgan fingerprint density at radius 2 is 1.44 bits per heavy atom. The molecule has 9 heteroatoms. The molecule has 0 fully saturated rings. The minimum atomic E-state index is -3.81. The highest BCUT2D eigenvalue weighted by Gasteiger charge is 2.22. The van der Waals surface area contributed by atoms with E-state index >= 15 is 0 Å². The average Bonchev–Trinajstić information content (AvgIpc) is 2.55. The fourth-order valence-corrected chi connectivity index (χ4v) is 4.28. The highest BCUT2D eigenvalue weighted by molar-refractivity contribution is 7.89. The van der Waals surface area contributed by atoms with Gasteiger partial charge in [-0.1, -0.05) is 12.1 Å². The van der Waals surface area contributed by atoms with E-state index < -0.39 is 25.9 Å². The number of sulfonamides is 2. The van der Waals surface area contributed by atoms with Crippen molar-refractivity contribution in [3.05, 3.63) is 59.9 Å². The Hall–Kier alpha value is -1.81. The Morgan fingerprint density at radius 3 is 2.00 bits per heavy atom. The molecule has 0 aliphatic rings. The first-order valence-electron chi connectivity index (χ1n) is 7.28. The summed E-state index contributed by atoms with van der Waals surface area (Å²) in [4.78, 5) is 0.0519. The van der Waals surface area contributed by atoms with Crippen molar-refractivity contribution in [3.63, 3.8) is 0 Å². The zero-order chi connectivity index (χ0) is 18.8. The van der Waals surface area contributed by atoms with E-state index in [0.29, 0.717) is 5.56 Å². The molecule has 0 radical (unpaired) electrons. The monoisotopic (exact) mass is 386 g/mol. The molecule has 0 spiro atoms. The second kappa shape index (κ2) is 7.20. The van der Waals surface area contributed by atoms with Crippen LogP contribution >= 0.6 is 0 Å². The third kappa shape index (κ3) is 4.24. The zero-order valence-corrected chi connectivity index (χ0v) is 15.7. The van der Waals surface area contributed by atoms with Crippen molar-refractivity contribution in [2.24, 2.45) is 0 Å². The molecule has 2 aromatic carbocycles. The van der Waals surface area contributed by atoms with Crippen LogP contribution in [0.2, 0.25) is 0 Å². The highest BCUT2D eigenvalue weighted by Crippen LogP contribution is 2.20. The lowest BCUT2D eigenvalue weighted by Gasteiger charge is -2.18. The molecule has 2 aromatic rings. The van der Waals surface area contributed by atoms with Crippen molar-refractivity contribution in [2.45, 2.75) is 16.3 Å². The van der Waals surface area contributed by atoms with Crippen LogP contribution in [0.4, 0.5) is 4.39 Å². The molecule has 25 heavy (non-hydrogen) atoms. The van der Waals surface area contributed by atoms with E-state index in [2.05, 4.69) is 0 Å². The summed E-state index contributed by atoms with van der Waals surface area (Å²) in [5.74, 6) is -0.525. The summed E-state index contributed by atoms with van der Waals surface area (Å²) in [7, 11) is -3.19. The molecular weight excluding hydrogens is 367 g/mol. The first-order valence-corrected chi connectivity index (χ1v) is 10.2. The van der Waals surface area contributed by atoms with E-state index in [-0.39, 0.29) is 16.3 Å². The van der Waals surface area contributed by atoms with Crippen LogP contribution in [0.15, 0.2) is 58.3 Å². The molecule has 2 rings (SSSR count). The predicted octanol–water partition coefficient (Wildman–Crippen LogP) is 1.90. The third-order valence-electron chi connectivity index (χ3n) is 3.60. The molecule has 6 nitrogen and oxygen atoms in total. The first kappa shape index (κ1) is 19.5. The van der Waals surface area contributed by atoms with E-state index in [9.17, 15) is 21.2 Å². The van der Waals surface area contributed by atoms with E-state index in [4.69, 9.17) is 0 Å². The van der Waals surface area contributed by atoms with Gasteiger partial charge in [0, 0.05) is 27.7 Å². The van der Waals surface area contributed by atoms with Gasteiger partial charge in [0.2, 0.25) is 20.0 Å². The zero-order valence-electron chi connectivity index (χ0n) is 14.0. The molecule has 136 valence electrons. The molecule has 0 bridgehead atoms. The van der Waals surface area contributed by atoms with Gasteiger partial charge in [0.1, 0.15) is 5.82 Å². The standard InChI is InChI=1S/C16H19FN2O4S2/c1-18(2)24(20,21)16-6-4-5-13(11-16)12-19(3)25(22,23)15-9-7-14(17)8-10-15/h4-11H,12H2,1-3H3. The fraction of sp³-hybridized carbons (Fsp3) is 0.250. The summed E-state index contributed by atoms with van der Waals surface area (Å²) < 4.78 is 64.5. The molecule has 0 unspecified atom stereocenters. The van der Waals surface area contributed by atoms with Gasteiger partial charge >= 0.3 is 0 Å². The molecule has 0 atom stereocenters. The minimum Gasteiger partial charge on any atom is -0.207 e. The van der Waals surface area contributed by atoms with Gasteiger partial charge in [-0.25, -0.2) is 25.5 Å². The summed E-state index contributed by atoms with van der Waals surface area (Å²) >= 11 is 0. The van der Waals surface area contributed by atoms with Gasteiger partial charge in [0.15, 0.2) is 0 Å². The molecule has 0 amide bonds. The van der Waals surface area contributed by atoms with Gasteiger partial charge in [-0.2, -0.15) is 4.31 Å². The first-order chi connectivity index (χ1) is 11.5. The normalized spacial score (nSPS) is 12.7. The van der Waals surface area contributed by atoms with Crippen molar-refractivity contribution in [2.75, 3.05) is 21.1 Å². The number of hydrogen-bond donors (Lipinski definition) is 0. The van der Waals surface area contributed by atoms with Gasteiger partial charge in [-0.15, -0.1) is 0 Å². The second-order valence-corrected chi connectivity index (χ2v) is 9.85. The van der Waals surface area contributed by atoms with Gasteiger partial charge in [-0.05, 0) is 42.0 Å². The Morgan fingerprint density at radius 1 is 0.840 bits per heavy atom. The van der Waals surface area contributed by atoms with Crippen LogP contribution in [0.25, 0.3) is 0 Å². The van der Waals surface area contributed by atoms with Crippen LogP contribution < -0.4 is 0 Å². The van der Waals surface area contributed by atoms with Crippen molar-refractivity contribution in [1.29, 1.82) is 0 Å². The second-order valence-electron chi connectivity index (χ2n) is 5.65. The Labute approximate surface area is 147 Å². The number of nitrogens with zero attached hydrogens (tertiary/aromatic N) is 2. The van der Waals surface area contributed by atoms with Crippen LogP contribution in [-0.2, 0) is 26.6 Å². The van der Waals surface area contributed by atoms with Crippen LogP contribution in [0.3, 0.4) is 0 Å². The molecule has 0 N–H and O–H groups in total. The lowest BCUT2D eigenvalue weighted by molar-refractivity contribution is 0.466. The molecule has 0 heterocycles. The topological polar surface area (TPSA) is 74.8 Å². The van der Waals surface area contributed by atoms with E-state index in [1.54, 1.807) is 12.1 Å². The third-order valence-corrected chi connectivity index (χ3v) is 7.23. The van der Waals surface area contributed by atoms with E-state index in [0.717, 1.165) is 20.7 Å². The van der Waals surface area contributed by atoms with Crippen LogP contribution in [-0.4, -0.2) is 46.6 Å². The summed E-state index contributed by atoms with van der Waals surface area (Å²) in [5.41, 5.74) is 0.524. The smallest absolute Gasteiger partial charge is 0.207 e. The summed E-state index contributed by atoms with van der Waals surface area (Å²) in [5, 5.41) is 0. The Balaban J connectivity index is 2.29. The van der Waals surface area contributed by atoms with Crippen LogP contribution in [0.5, 0.6) is 0 Å². The van der Waals surface area contributed by atoms with Gasteiger partial charge in [-0.3, -0.25) is 0 Å². The summed E-state index contributed by atoms with van der Waals surface area (Å²) in [6.45, 7) is -0.0174. The highest BCUT2D eigenvalue weighted by atomic mass is 32.2. The average molecular weight is 386 g/mol. The summed E-state index contributed by atoms with van der Waals surface area (Å²) in [6, 6.07) is 10.6. The van der Waals surface area contributed by atoms with Crippen LogP contribution in [0.1, 0.15) is 5.56 Å². The fourth-order valence-electron chi connectivity index (χ4n) is 2.14. The predicted molar refractivity (Wildman–Crippen MR) is 92.4 cm³/mol. The lowest BCUT2D eigenvalue weighted by Crippen LogP contribution is -2.27. The van der Waals surface area contributed by atoms with Gasteiger partial charge in [0.25, 0.3) is 0 Å². The summed E-state index contributed by atoms with van der Waals surface area (Å²) in [6.07, 6.45) is 0. The van der Waals surface area contributed by atoms with E-state index in [1.165, 1.54) is 45.4 Å². The maximum atomic E-state index is 13.0. The quantitative estimate of drug-likeness (QED) is 0.760. The van der Waals surface area contributed by atoms with Gasteiger partial charge in [0.05, 0.1) is 9.79 Å². The number of halogens is 1. The Kier molecular flexibility index (Phi) is 5.62. The molecule has 0 saturated heterocycles. The number of hydrogen-bond acceptors (Lipinski definition) is 4. The lowest BCUT2D eigenvalue weighted by atomic mass is 10.2.